The second-order valence-electron chi connectivity index (χ2n) is 7.66. The molecular weight excluding hydrogens is 416 g/mol. The van der Waals surface area contributed by atoms with Crippen LogP contribution in [0.3, 0.4) is 0 Å². The number of hydrogen-bond donors (Lipinski definition) is 0. The van der Waals surface area contributed by atoms with Crippen LogP contribution in [0.25, 0.3) is 0 Å². The number of methoxy groups -OCH3 is 4. The Bertz CT molecular complexity index is 1370. The summed E-state index contributed by atoms with van der Waals surface area (Å²) in [7, 11) is -1.87. The Balaban J connectivity index is 2.62. The summed E-state index contributed by atoms with van der Waals surface area (Å²) in [5.41, 5.74) is -2.00. The van der Waals surface area contributed by atoms with Crippen molar-refractivity contribution in [1.82, 2.24) is 4.90 Å². The second-order valence-corrected chi connectivity index (χ2v) is 7.66. The molecule has 0 aliphatic rings. The van der Waals surface area contributed by atoms with E-state index in [2.05, 4.69) is 0 Å². The first-order chi connectivity index (χ1) is 20.4. The van der Waals surface area contributed by atoms with Crippen LogP contribution in [0.4, 0.5) is 0 Å². The van der Waals surface area contributed by atoms with E-state index in [4.69, 9.17) is 35.4 Å². The number of hydrogen-bond acceptors (Lipinski definition) is 6. The van der Waals surface area contributed by atoms with Gasteiger partial charge in [0, 0.05) is 14.8 Å². The van der Waals surface area contributed by atoms with Gasteiger partial charge in [-0.25, -0.2) is 0 Å². The van der Waals surface area contributed by atoms with E-state index in [9.17, 15) is 5.26 Å². The monoisotopic (exact) mass is 466 g/mol. The zero-order valence-electron chi connectivity index (χ0n) is 31.5. The van der Waals surface area contributed by atoms with Gasteiger partial charge in [-0.2, -0.15) is 5.26 Å². The van der Waals surface area contributed by atoms with Crippen molar-refractivity contribution in [3.63, 3.8) is 0 Å². The lowest BCUT2D eigenvalue weighted by molar-refractivity contribution is 0.292. The van der Waals surface area contributed by atoms with Gasteiger partial charge in [0.05, 0.1) is 48.0 Å². The normalized spacial score (nSPS) is 20.3. The van der Waals surface area contributed by atoms with E-state index in [1.165, 1.54) is 35.1 Å². The molecule has 2 rings (SSSR count). The minimum absolute atomic E-state index is 0.0585. The topological polar surface area (TPSA) is 64.0 Å². The fourth-order valence-corrected chi connectivity index (χ4v) is 3.30. The molecule has 0 aromatic heterocycles. The van der Waals surface area contributed by atoms with Crippen LogP contribution in [0.15, 0.2) is 36.4 Å². The fourth-order valence-electron chi connectivity index (χ4n) is 3.30. The summed E-state index contributed by atoms with van der Waals surface area (Å²) in [6.45, 7) is -0.182. The zero-order chi connectivity index (χ0) is 34.8. The van der Waals surface area contributed by atoms with Crippen molar-refractivity contribution < 1.29 is 35.4 Å². The van der Waals surface area contributed by atoms with E-state index < -0.39 is 56.2 Å². The summed E-state index contributed by atoms with van der Waals surface area (Å²) >= 11 is 0. The molecule has 0 spiro atoms. The molecule has 0 fully saturated rings. The third-order valence-electron chi connectivity index (χ3n) is 5.35. The van der Waals surface area contributed by atoms with Gasteiger partial charge in [0.25, 0.3) is 0 Å². The Morgan fingerprint density at radius 3 is 2.27 bits per heavy atom. The summed E-state index contributed by atoms with van der Waals surface area (Å²) in [5, 5.41) is 10.5. The van der Waals surface area contributed by atoms with E-state index in [0.717, 1.165) is 23.1 Å². The summed E-state index contributed by atoms with van der Waals surface area (Å²) < 4.78 is 119. The van der Waals surface area contributed by atoms with E-state index in [0.29, 0.717) is 17.1 Å². The average Bonchev–Trinajstić information content (AvgIpc) is 2.91. The molecule has 6 heteroatoms. The molecule has 2 aromatic rings. The molecule has 0 aliphatic carbocycles. The standard InChI is InChI=1S/C27H38N2O4/c1-20(2)27(19-28,22-10-12-24(31-5)26(18-22)33-7)14-8-15-29(3)16-13-21-9-11-23(30-4)25(17-21)32-6/h9-12,17-18,20H,8,13-16H2,1-7H3/i5D3,7D3,8D2,14D2,15D2. The molecule has 1 unspecified atom stereocenters. The Kier molecular flexibility index (Phi) is 5.14. The lowest BCUT2D eigenvalue weighted by atomic mass is 9.69. The first-order valence-corrected chi connectivity index (χ1v) is 10.3. The van der Waals surface area contributed by atoms with Crippen LogP contribution in [0, 0.1) is 17.2 Å². The number of nitriles is 1. The third-order valence-corrected chi connectivity index (χ3v) is 5.35. The highest BCUT2D eigenvalue weighted by Gasteiger charge is 2.36. The first kappa shape index (κ1) is 13.7. The molecule has 180 valence electrons. The van der Waals surface area contributed by atoms with Crippen LogP contribution in [-0.2, 0) is 11.8 Å². The largest absolute Gasteiger partial charge is 0.493 e. The molecule has 0 aliphatic heterocycles. The maximum absolute atomic E-state index is 10.5. The molecule has 0 saturated heterocycles. The van der Waals surface area contributed by atoms with Crippen LogP contribution in [-0.4, -0.2) is 53.3 Å². The number of nitrogens with zero attached hydrogens (tertiary/aromatic N) is 2. The molecule has 33 heavy (non-hydrogen) atoms. The SMILES string of the molecule is [2H]C([2H])([2H])Oc1ccc(C(C#N)(C(C)C)C([2H])([2H])C([2H])([2H])C([2H])([2H])N(C)CCc2ccc(OC)c(OC)c2)cc1OC([2H])([2H])[2H]. The highest BCUT2D eigenvalue weighted by atomic mass is 16.5. The Morgan fingerprint density at radius 1 is 1.00 bits per heavy atom. The van der Waals surface area contributed by atoms with Crippen LogP contribution in [0.1, 0.15) is 54.2 Å². The van der Waals surface area contributed by atoms with Gasteiger partial charge in [-0.3, -0.25) is 0 Å². The van der Waals surface area contributed by atoms with Crippen LogP contribution >= 0.6 is 0 Å². The predicted octanol–water partition coefficient (Wildman–Crippen LogP) is 5.09. The Hall–Kier alpha value is -2.91. The summed E-state index contributed by atoms with van der Waals surface area (Å²) in [4.78, 5) is 1.01. The molecule has 0 radical (unpaired) electrons. The predicted molar refractivity (Wildman–Crippen MR) is 132 cm³/mol. The quantitative estimate of drug-likeness (QED) is 0.410. The van der Waals surface area contributed by atoms with Crippen molar-refractivity contribution >= 4 is 0 Å². The second kappa shape index (κ2) is 12.4. The smallest absolute Gasteiger partial charge is 0.161 e. The van der Waals surface area contributed by atoms with Gasteiger partial charge in [0.15, 0.2) is 23.0 Å². The lowest BCUT2D eigenvalue weighted by Crippen LogP contribution is -2.32. The van der Waals surface area contributed by atoms with E-state index in [-0.39, 0.29) is 18.5 Å². The highest BCUT2D eigenvalue weighted by molar-refractivity contribution is 5.47. The van der Waals surface area contributed by atoms with Gasteiger partial charge in [0.1, 0.15) is 0 Å². The molecule has 0 saturated carbocycles. The average molecular weight is 467 g/mol. The van der Waals surface area contributed by atoms with Crippen LogP contribution in [0.2, 0.25) is 0 Å². The Morgan fingerprint density at radius 2 is 1.64 bits per heavy atom. The number of ether oxygens (including phenoxy) is 4. The van der Waals surface area contributed by atoms with Crippen molar-refractivity contribution in [1.29, 1.82) is 5.26 Å². The first-order valence-electron chi connectivity index (χ1n) is 16.3. The van der Waals surface area contributed by atoms with Gasteiger partial charge in [-0.15, -0.1) is 0 Å². The summed E-state index contributed by atoms with van der Waals surface area (Å²) in [6.07, 6.45) is -6.43. The van der Waals surface area contributed by atoms with E-state index in [1.807, 2.05) is 6.07 Å². The fraction of sp³-hybridized carbons (Fsp3) is 0.519. The van der Waals surface area contributed by atoms with E-state index in [1.54, 1.807) is 18.2 Å². The maximum Gasteiger partial charge on any atom is 0.161 e. The lowest BCUT2D eigenvalue weighted by Gasteiger charge is -2.32. The van der Waals surface area contributed by atoms with Crippen molar-refractivity contribution in [3.05, 3.63) is 47.5 Å². The molecule has 0 bridgehead atoms. The minimum atomic E-state index is -3.37. The number of benzene rings is 2. The number of rotatable bonds is 13. The molecule has 0 N–H and O–H groups in total. The van der Waals surface area contributed by atoms with Crippen LogP contribution in [0.5, 0.6) is 23.0 Å². The van der Waals surface area contributed by atoms with Gasteiger partial charge >= 0.3 is 0 Å². The third kappa shape index (κ3) is 6.33. The van der Waals surface area contributed by atoms with Crippen molar-refractivity contribution in [2.24, 2.45) is 5.92 Å². The van der Waals surface area contributed by atoms with Gasteiger partial charge in [-0.05, 0) is 74.0 Å². The number of likely N-dealkylation sites (N-methyl/N-ethyl adjacent to an activating group) is 1. The summed E-state index contributed by atoms with van der Waals surface area (Å²) in [5.74, 6) is -1.26. The summed E-state index contributed by atoms with van der Waals surface area (Å²) in [6, 6.07) is 9.97. The van der Waals surface area contributed by atoms with Gasteiger partial charge in [-0.1, -0.05) is 26.0 Å². The van der Waals surface area contributed by atoms with E-state index >= 15 is 0 Å². The van der Waals surface area contributed by atoms with Crippen LogP contribution < -0.4 is 18.9 Å². The molecule has 0 amide bonds. The van der Waals surface area contributed by atoms with Crippen molar-refractivity contribution in [3.8, 4) is 29.1 Å². The minimum Gasteiger partial charge on any atom is -0.493 e. The maximum atomic E-state index is 10.5. The molecule has 1 atom stereocenters. The van der Waals surface area contributed by atoms with Gasteiger partial charge < -0.3 is 23.8 Å². The van der Waals surface area contributed by atoms with Gasteiger partial charge in [0.2, 0.25) is 0 Å². The van der Waals surface area contributed by atoms with Crippen molar-refractivity contribution in [2.45, 2.75) is 38.4 Å². The molecule has 2 aromatic carbocycles. The molecular formula is C27H38N2O4. The Labute approximate surface area is 215 Å². The zero-order valence-corrected chi connectivity index (χ0v) is 19.5. The molecule has 0 heterocycles. The highest BCUT2D eigenvalue weighted by Crippen LogP contribution is 2.40. The molecule has 6 nitrogen and oxygen atoms in total. The van der Waals surface area contributed by atoms with Crippen molar-refractivity contribution in [2.75, 3.05) is 48.4 Å².